The SMILES string of the molecule is COc1ccc(N(C)c2nc(N3CCOCC3)nc3ccccc23)cc1. The van der Waals surface area contributed by atoms with Gasteiger partial charge in [-0.15, -0.1) is 0 Å². The van der Waals surface area contributed by atoms with Crippen molar-refractivity contribution in [2.24, 2.45) is 0 Å². The third kappa shape index (κ3) is 3.15. The van der Waals surface area contributed by atoms with Gasteiger partial charge in [-0.1, -0.05) is 12.1 Å². The van der Waals surface area contributed by atoms with Gasteiger partial charge < -0.3 is 19.3 Å². The standard InChI is InChI=1S/C20H22N4O2/c1-23(15-7-9-16(25-2)10-8-15)19-17-5-3-4-6-18(17)21-20(22-19)24-11-13-26-14-12-24/h3-10H,11-14H2,1-2H3. The van der Waals surface area contributed by atoms with Gasteiger partial charge in [0.15, 0.2) is 0 Å². The number of hydrogen-bond donors (Lipinski definition) is 0. The molecular weight excluding hydrogens is 328 g/mol. The van der Waals surface area contributed by atoms with Gasteiger partial charge in [-0.3, -0.25) is 0 Å². The van der Waals surface area contributed by atoms with Crippen LogP contribution in [0.4, 0.5) is 17.5 Å². The first-order valence-electron chi connectivity index (χ1n) is 8.73. The van der Waals surface area contributed by atoms with Crippen LogP contribution in [0.1, 0.15) is 0 Å². The van der Waals surface area contributed by atoms with E-state index in [1.54, 1.807) is 7.11 Å². The Hall–Kier alpha value is -2.86. The molecule has 2 heterocycles. The minimum absolute atomic E-state index is 0.708. The van der Waals surface area contributed by atoms with Crippen molar-refractivity contribution in [1.29, 1.82) is 0 Å². The van der Waals surface area contributed by atoms with E-state index in [1.807, 2.05) is 49.5 Å². The van der Waals surface area contributed by atoms with Gasteiger partial charge >= 0.3 is 0 Å². The lowest BCUT2D eigenvalue weighted by molar-refractivity contribution is 0.122. The second-order valence-electron chi connectivity index (χ2n) is 6.22. The summed E-state index contributed by atoms with van der Waals surface area (Å²) in [5.74, 6) is 2.48. The Balaban J connectivity index is 1.78. The minimum Gasteiger partial charge on any atom is -0.497 e. The number of para-hydroxylation sites is 1. The molecule has 0 spiro atoms. The average Bonchev–Trinajstić information content (AvgIpc) is 2.73. The van der Waals surface area contributed by atoms with E-state index in [1.165, 1.54) is 0 Å². The van der Waals surface area contributed by atoms with Crippen molar-refractivity contribution in [3.05, 3.63) is 48.5 Å². The maximum absolute atomic E-state index is 5.46. The summed E-state index contributed by atoms with van der Waals surface area (Å²) in [6.45, 7) is 3.04. The van der Waals surface area contributed by atoms with Crippen molar-refractivity contribution in [2.75, 3.05) is 50.3 Å². The molecule has 1 aliphatic heterocycles. The molecule has 0 saturated carbocycles. The summed E-state index contributed by atoms with van der Waals surface area (Å²) < 4.78 is 10.7. The number of benzene rings is 2. The van der Waals surface area contributed by atoms with E-state index in [9.17, 15) is 0 Å². The van der Waals surface area contributed by atoms with Gasteiger partial charge in [0.25, 0.3) is 0 Å². The number of methoxy groups -OCH3 is 1. The molecule has 3 aromatic rings. The number of hydrogen-bond acceptors (Lipinski definition) is 6. The number of rotatable bonds is 4. The van der Waals surface area contributed by atoms with Crippen molar-refractivity contribution in [2.45, 2.75) is 0 Å². The second kappa shape index (κ2) is 7.17. The Kier molecular flexibility index (Phi) is 4.58. The van der Waals surface area contributed by atoms with Crippen LogP contribution in [-0.4, -0.2) is 50.4 Å². The van der Waals surface area contributed by atoms with Gasteiger partial charge in [0.2, 0.25) is 5.95 Å². The zero-order chi connectivity index (χ0) is 17.9. The van der Waals surface area contributed by atoms with Crippen LogP contribution in [0.3, 0.4) is 0 Å². The summed E-state index contributed by atoms with van der Waals surface area (Å²) in [7, 11) is 3.70. The lowest BCUT2D eigenvalue weighted by Crippen LogP contribution is -2.37. The number of aromatic nitrogens is 2. The minimum atomic E-state index is 0.708. The fraction of sp³-hybridized carbons (Fsp3) is 0.300. The maximum atomic E-state index is 5.46. The number of nitrogens with zero attached hydrogens (tertiary/aromatic N) is 4. The van der Waals surface area contributed by atoms with Crippen LogP contribution < -0.4 is 14.5 Å². The van der Waals surface area contributed by atoms with E-state index in [-0.39, 0.29) is 0 Å². The molecule has 1 fully saturated rings. The molecule has 6 heteroatoms. The molecule has 0 unspecified atom stereocenters. The quantitative estimate of drug-likeness (QED) is 0.720. The third-order valence-electron chi connectivity index (χ3n) is 4.64. The molecule has 2 aromatic carbocycles. The van der Waals surface area contributed by atoms with Crippen LogP contribution in [-0.2, 0) is 4.74 Å². The van der Waals surface area contributed by atoms with E-state index < -0.39 is 0 Å². The van der Waals surface area contributed by atoms with Crippen molar-refractivity contribution < 1.29 is 9.47 Å². The number of fused-ring (bicyclic) bond motifs is 1. The number of ether oxygens (including phenoxy) is 2. The van der Waals surface area contributed by atoms with Crippen LogP contribution in [0.2, 0.25) is 0 Å². The Morgan fingerprint density at radius 2 is 1.73 bits per heavy atom. The molecule has 1 aromatic heterocycles. The summed E-state index contributed by atoms with van der Waals surface area (Å²) in [5, 5.41) is 1.03. The van der Waals surface area contributed by atoms with Crippen LogP contribution in [0, 0.1) is 0 Å². The van der Waals surface area contributed by atoms with Crippen LogP contribution >= 0.6 is 0 Å². The maximum Gasteiger partial charge on any atom is 0.228 e. The summed E-state index contributed by atoms with van der Waals surface area (Å²) in [6.07, 6.45) is 0. The molecule has 0 bridgehead atoms. The van der Waals surface area contributed by atoms with Crippen LogP contribution in [0.5, 0.6) is 5.75 Å². The summed E-state index contributed by atoms with van der Waals surface area (Å²) in [5.41, 5.74) is 1.99. The van der Waals surface area contributed by atoms with Crippen LogP contribution in [0.15, 0.2) is 48.5 Å². The van der Waals surface area contributed by atoms with Crippen molar-refractivity contribution in [3.8, 4) is 5.75 Å². The molecule has 4 rings (SSSR count). The number of morpholine rings is 1. The third-order valence-corrected chi connectivity index (χ3v) is 4.64. The van der Waals surface area contributed by atoms with E-state index in [0.717, 1.165) is 47.2 Å². The van der Waals surface area contributed by atoms with Crippen molar-refractivity contribution in [3.63, 3.8) is 0 Å². The van der Waals surface area contributed by atoms with Gasteiger partial charge in [0, 0.05) is 31.2 Å². The zero-order valence-corrected chi connectivity index (χ0v) is 15.1. The largest absolute Gasteiger partial charge is 0.497 e. The van der Waals surface area contributed by atoms with Crippen LogP contribution in [0.25, 0.3) is 10.9 Å². The molecular formula is C20H22N4O2. The second-order valence-corrected chi connectivity index (χ2v) is 6.22. The predicted molar refractivity (Wildman–Crippen MR) is 104 cm³/mol. The highest BCUT2D eigenvalue weighted by Gasteiger charge is 2.18. The van der Waals surface area contributed by atoms with Gasteiger partial charge in [-0.2, -0.15) is 4.98 Å². The summed E-state index contributed by atoms with van der Waals surface area (Å²) >= 11 is 0. The first-order valence-corrected chi connectivity index (χ1v) is 8.73. The van der Waals surface area contributed by atoms with E-state index in [4.69, 9.17) is 19.4 Å². The first kappa shape index (κ1) is 16.6. The Bertz CT molecular complexity index is 892. The molecule has 0 aliphatic carbocycles. The monoisotopic (exact) mass is 350 g/mol. The molecule has 6 nitrogen and oxygen atoms in total. The molecule has 0 amide bonds. The van der Waals surface area contributed by atoms with Gasteiger partial charge in [-0.25, -0.2) is 4.98 Å². The molecule has 134 valence electrons. The summed E-state index contributed by atoms with van der Waals surface area (Å²) in [4.78, 5) is 13.9. The predicted octanol–water partition coefficient (Wildman–Crippen LogP) is 3.24. The highest BCUT2D eigenvalue weighted by Crippen LogP contribution is 2.31. The Morgan fingerprint density at radius 1 is 1.00 bits per heavy atom. The summed E-state index contributed by atoms with van der Waals surface area (Å²) in [6, 6.07) is 16.1. The highest BCUT2D eigenvalue weighted by atomic mass is 16.5. The van der Waals surface area contributed by atoms with E-state index in [0.29, 0.717) is 13.2 Å². The first-order chi connectivity index (χ1) is 12.8. The average molecular weight is 350 g/mol. The lowest BCUT2D eigenvalue weighted by atomic mass is 10.2. The van der Waals surface area contributed by atoms with Crippen molar-refractivity contribution in [1.82, 2.24) is 9.97 Å². The molecule has 1 saturated heterocycles. The fourth-order valence-corrected chi connectivity index (χ4v) is 3.14. The smallest absolute Gasteiger partial charge is 0.228 e. The fourth-order valence-electron chi connectivity index (χ4n) is 3.14. The van der Waals surface area contributed by atoms with Crippen molar-refractivity contribution >= 4 is 28.4 Å². The Morgan fingerprint density at radius 3 is 2.46 bits per heavy atom. The topological polar surface area (TPSA) is 50.7 Å². The molecule has 0 atom stereocenters. The molecule has 0 radical (unpaired) electrons. The number of anilines is 3. The Labute approximate surface area is 153 Å². The van der Waals surface area contributed by atoms with Gasteiger partial charge in [0.05, 0.1) is 25.8 Å². The molecule has 26 heavy (non-hydrogen) atoms. The zero-order valence-electron chi connectivity index (χ0n) is 15.1. The van der Waals surface area contributed by atoms with E-state index in [2.05, 4.69) is 15.9 Å². The molecule has 0 N–H and O–H groups in total. The van der Waals surface area contributed by atoms with Gasteiger partial charge in [-0.05, 0) is 36.4 Å². The highest BCUT2D eigenvalue weighted by molar-refractivity contribution is 5.92. The molecule has 1 aliphatic rings. The lowest BCUT2D eigenvalue weighted by Gasteiger charge is -2.28. The van der Waals surface area contributed by atoms with Gasteiger partial charge in [0.1, 0.15) is 11.6 Å². The normalized spacial score (nSPS) is 14.5. The van der Waals surface area contributed by atoms with E-state index >= 15 is 0 Å².